The number of aromatic nitrogens is 19. The number of imidazole rings is 3. The zero-order valence-electron chi connectivity index (χ0n) is 82.6. The number of para-hydroxylation sites is 2. The molecule has 8 aromatic carbocycles. The van der Waals surface area contributed by atoms with Gasteiger partial charge in [-0.05, 0) is 289 Å². The molecule has 0 radical (unpaired) electrons. The normalized spacial score (nSPS) is 14.6. The summed E-state index contributed by atoms with van der Waals surface area (Å²) in [5.74, 6) is 4.61. The van der Waals surface area contributed by atoms with Gasteiger partial charge in [0.15, 0.2) is 52.4 Å². The number of rotatable bonds is 13. The number of hydrogen-bond acceptors (Lipinski definition) is 29. The van der Waals surface area contributed by atoms with Crippen molar-refractivity contribution in [2.24, 2.45) is 0 Å². The first-order chi connectivity index (χ1) is 69.7. The first-order valence-electron chi connectivity index (χ1n) is 48.1. The lowest BCUT2D eigenvalue weighted by atomic mass is 9.92. The largest absolute Gasteiger partial charge is 0.497 e. The monoisotopic (exact) mass is 1920 g/mol. The molecule has 16 heterocycles. The molecule has 0 bridgehead atoms. The predicted octanol–water partition coefficient (Wildman–Crippen LogP) is 15.4. The van der Waals surface area contributed by atoms with Crippen molar-refractivity contribution in [3.8, 4) is 97.3 Å². The molecule has 0 amide bonds. The molecule has 0 saturated heterocycles. The van der Waals surface area contributed by atoms with Crippen LogP contribution in [0, 0.1) is 51.8 Å². The van der Waals surface area contributed by atoms with E-state index in [1.54, 1.807) is 84.7 Å². The molecule has 144 heavy (non-hydrogen) atoms. The molecule has 728 valence electrons. The standard InChI is InChI=1S/C23H24N6O.C22H21FN6.C22H22N6O.C22H22N6.C21H24N6O/c1-14-8-15(9-16-12-28(2)7-6-18(14)16)20-11-25-22(24)23(27-20)29-13-26-19-10-17(30-3)4-5-21(19)29;1-13-7-14(8-15-11-28(2)6-5-17(13)15)19-10-25-21(24)22(27-19)29-12-26-18-9-16(23)3-4-20(18)29;1-14-5-17(7-18-12-28(2)4-3-19(14)18)20-11-26-21(24)22(27-20)29-13-16-6-15(8-23)9-25-10-16;1-14-9-15(10-16-12-27(2)8-7-17(14)16)19-11-24-21(23)22(26-19)28-13-25-18-5-3-4-6-20(18)28;1-13-7-14(8-15-10-26(2)5-3-17(13)15)19-9-23-20(22)21(24-19)27-11-16-12-28-6-4-18(16)25-27/h4-5,8-11,13H,6-7,12H2,1-3H3,(H2,24,25);3-4,7-10,12H,5-6,11H2,1-2H3,(H2,24,25);5-7,9-11H,3-4,12-13H2,1-2H3,(H2,24,26);3-6,9-11,13H,7-8,12H2,1-2H3,(H2,23,24);7-9,11H,3-6,10,12H2,1-2H3,(H2,22,23). The first kappa shape index (κ1) is 95.3. The third-order valence-electron chi connectivity index (χ3n) is 27.7. The van der Waals surface area contributed by atoms with Gasteiger partial charge in [0, 0.05) is 142 Å². The van der Waals surface area contributed by atoms with Crippen LogP contribution in [0.3, 0.4) is 0 Å². The van der Waals surface area contributed by atoms with Crippen LogP contribution in [0.4, 0.5) is 33.5 Å². The van der Waals surface area contributed by atoms with Gasteiger partial charge in [-0.3, -0.25) is 18.7 Å². The zero-order chi connectivity index (χ0) is 99.8. The Labute approximate surface area is 833 Å². The highest BCUT2D eigenvalue weighted by Crippen LogP contribution is 2.39. The van der Waals surface area contributed by atoms with E-state index in [1.165, 1.54) is 102 Å². The van der Waals surface area contributed by atoms with Gasteiger partial charge in [0.25, 0.3) is 5.88 Å². The average Bonchev–Trinajstić information content (AvgIpc) is 1.51. The van der Waals surface area contributed by atoms with E-state index >= 15 is 0 Å². The third-order valence-corrected chi connectivity index (χ3v) is 27.7. The van der Waals surface area contributed by atoms with Crippen molar-refractivity contribution in [3.63, 3.8) is 0 Å². The van der Waals surface area contributed by atoms with E-state index in [1.807, 2.05) is 57.8 Å². The molecule has 33 nitrogen and oxygen atoms in total. The van der Waals surface area contributed by atoms with E-state index < -0.39 is 0 Å². The molecule has 10 N–H and O–H groups in total. The number of hydrogen-bond donors (Lipinski definition) is 5. The summed E-state index contributed by atoms with van der Waals surface area (Å²) in [6, 6.07) is 44.0. The van der Waals surface area contributed by atoms with Crippen molar-refractivity contribution in [3.05, 3.63) is 308 Å². The summed E-state index contributed by atoms with van der Waals surface area (Å²) in [5, 5.41) is 13.7. The van der Waals surface area contributed by atoms with Crippen molar-refractivity contribution in [2.45, 2.75) is 119 Å². The Morgan fingerprint density at radius 2 is 0.778 bits per heavy atom. The van der Waals surface area contributed by atoms with Crippen LogP contribution in [-0.4, -0.2) is 199 Å². The molecule has 6 aliphatic heterocycles. The molecule has 24 rings (SSSR count). The summed E-state index contributed by atoms with van der Waals surface area (Å²) in [7, 11) is 12.4. The van der Waals surface area contributed by atoms with Gasteiger partial charge in [-0.15, -0.1) is 0 Å². The highest BCUT2D eigenvalue weighted by molar-refractivity contribution is 5.82. The number of nitrogens with zero attached hydrogens (tertiary/aromatic N) is 25. The number of halogens is 1. The Morgan fingerprint density at radius 3 is 1.20 bits per heavy atom. The number of aryl methyl sites for hydroxylation is 5. The van der Waals surface area contributed by atoms with E-state index in [4.69, 9.17) is 68.1 Å². The summed E-state index contributed by atoms with van der Waals surface area (Å²) in [5.41, 5.74) is 68.5. The average molecular weight is 1920 g/mol. The molecule has 34 heteroatoms. The number of nitrogens with two attached hydrogens (primary N) is 5. The molecule has 0 unspecified atom stereocenters. The number of methoxy groups -OCH3 is 1. The van der Waals surface area contributed by atoms with Gasteiger partial charge in [0.05, 0.1) is 124 Å². The summed E-state index contributed by atoms with van der Waals surface area (Å²) in [6.45, 7) is 22.5. The van der Waals surface area contributed by atoms with Gasteiger partial charge in [-0.25, -0.2) is 73.9 Å². The van der Waals surface area contributed by atoms with Gasteiger partial charge in [0.1, 0.15) is 43.2 Å². The van der Waals surface area contributed by atoms with Crippen LogP contribution < -0.4 is 38.1 Å². The van der Waals surface area contributed by atoms with Crippen LogP contribution in [-0.2, 0) is 89.2 Å². The molecular weight excluding hydrogens is 1810 g/mol. The Bertz CT molecular complexity index is 7990. The lowest BCUT2D eigenvalue weighted by Crippen LogP contribution is -2.27. The fourth-order valence-electron chi connectivity index (χ4n) is 20.1. The van der Waals surface area contributed by atoms with Crippen molar-refractivity contribution in [1.82, 2.24) is 118 Å². The zero-order valence-corrected chi connectivity index (χ0v) is 82.6. The second kappa shape index (κ2) is 40.7. The molecule has 6 aliphatic rings. The van der Waals surface area contributed by atoms with Crippen molar-refractivity contribution < 1.29 is 18.6 Å². The minimum atomic E-state index is -0.329. The molecule has 0 saturated carbocycles. The number of benzene rings is 8. The molecule has 0 fully saturated rings. The van der Waals surface area contributed by atoms with Crippen molar-refractivity contribution >= 4 is 62.2 Å². The van der Waals surface area contributed by atoms with E-state index in [2.05, 4.69) is 216 Å². The van der Waals surface area contributed by atoms with Gasteiger partial charge >= 0.3 is 0 Å². The number of ether oxygens (including phenoxy) is 3. The molecular formula is C110H113FN30O3. The van der Waals surface area contributed by atoms with Gasteiger partial charge < -0.3 is 67.4 Å². The van der Waals surface area contributed by atoms with Gasteiger partial charge in [-0.1, -0.05) is 12.1 Å². The minimum Gasteiger partial charge on any atom is -0.497 e. The highest BCUT2D eigenvalue weighted by atomic mass is 19.1. The number of nitrogen functional groups attached to an aromatic ring is 5. The number of anilines is 5. The number of pyridine rings is 1. The van der Waals surface area contributed by atoms with E-state index in [0.29, 0.717) is 70.8 Å². The number of nitriles is 1. The summed E-state index contributed by atoms with van der Waals surface area (Å²) in [6.07, 6.45) is 25.0. The van der Waals surface area contributed by atoms with Crippen LogP contribution in [0.15, 0.2) is 196 Å². The lowest BCUT2D eigenvalue weighted by Gasteiger charge is -2.27. The molecule has 0 spiro atoms. The Morgan fingerprint density at radius 1 is 0.396 bits per heavy atom. The topological polar surface area (TPSA) is 411 Å². The quantitative estimate of drug-likeness (QED) is 0.0715. The number of likely N-dealkylation sites (N-methyl/N-ethyl adjacent to an activating group) is 5. The molecule has 0 aliphatic carbocycles. The molecule has 10 aromatic heterocycles. The Kier molecular flexibility index (Phi) is 26.9. The fourth-order valence-corrected chi connectivity index (χ4v) is 20.1. The van der Waals surface area contributed by atoms with Crippen molar-refractivity contribution in [2.75, 3.05) is 110 Å². The van der Waals surface area contributed by atoms with Crippen LogP contribution in [0.5, 0.6) is 11.6 Å². The maximum Gasteiger partial charge on any atom is 0.258 e. The summed E-state index contributed by atoms with van der Waals surface area (Å²) < 4.78 is 37.4. The maximum absolute atomic E-state index is 13.5. The molecule has 0 atom stereocenters. The maximum atomic E-state index is 13.5. The minimum absolute atomic E-state index is 0.207. The second-order valence-corrected chi connectivity index (χ2v) is 38.0. The van der Waals surface area contributed by atoms with E-state index in [9.17, 15) is 4.39 Å². The lowest BCUT2D eigenvalue weighted by molar-refractivity contribution is 0.110. The predicted molar refractivity (Wildman–Crippen MR) is 557 cm³/mol. The second-order valence-electron chi connectivity index (χ2n) is 38.0. The van der Waals surface area contributed by atoms with Gasteiger partial charge in [-0.2, -0.15) is 10.4 Å². The van der Waals surface area contributed by atoms with Crippen LogP contribution in [0.1, 0.15) is 106 Å². The highest BCUT2D eigenvalue weighted by Gasteiger charge is 2.28. The summed E-state index contributed by atoms with van der Waals surface area (Å²) in [4.78, 5) is 74.8. The number of fused-ring (bicyclic) bond motifs is 9. The smallest absolute Gasteiger partial charge is 0.258 e. The van der Waals surface area contributed by atoms with E-state index in [0.717, 1.165) is 210 Å². The van der Waals surface area contributed by atoms with Gasteiger partial charge in [0.2, 0.25) is 0 Å². The SMILES string of the molecule is COc1ccc2c(c1)ncn2-c1nc(-c2cc(C)c3c(c2)CN(C)CC3)cnc1N.Cc1cc(-c2cnc(N)c(-n3cc4c(n3)CCOC4)n2)cc2c1CCN(C)C2.Cc1cc(-c2cnc(N)c(-n3cnc4cc(F)ccc43)n2)cc2c1CCN(C)C2.Cc1cc(-c2cnc(N)c(-n3cnc4ccccc43)n2)cc2c1CCN(C)C2.Cc1cc(-c2cnc(N)c(OCc3cncc(C#N)c3)n2)cc2c1CCN(C)C2. The fraction of sp³-hybridized carbons (Fsp3) is 0.273. The van der Waals surface area contributed by atoms with E-state index in [-0.39, 0.29) is 24.1 Å². The van der Waals surface area contributed by atoms with Crippen molar-refractivity contribution in [1.29, 1.82) is 5.26 Å². The van der Waals surface area contributed by atoms with Crippen LogP contribution in [0.2, 0.25) is 0 Å². The molecule has 18 aromatic rings. The Balaban J connectivity index is 0.000000110. The third kappa shape index (κ3) is 20.1. The van der Waals surface area contributed by atoms with Crippen LogP contribution in [0.25, 0.3) is 113 Å². The Hall–Kier alpha value is -16.3. The first-order valence-corrected chi connectivity index (χ1v) is 48.1. The summed E-state index contributed by atoms with van der Waals surface area (Å²) >= 11 is 0. The van der Waals surface area contributed by atoms with Crippen LogP contribution >= 0.6 is 0 Å².